The van der Waals surface area contributed by atoms with Crippen LogP contribution in [0.15, 0.2) is 0 Å². The largest absolute Gasteiger partial charge is 1.00 e. The molecule has 0 aliphatic heterocycles. The van der Waals surface area contributed by atoms with E-state index >= 15 is 0 Å². The van der Waals surface area contributed by atoms with Crippen LogP contribution >= 0.6 is 0 Å². The van der Waals surface area contributed by atoms with Gasteiger partial charge < -0.3 is 4.28 Å². The first-order valence-corrected chi connectivity index (χ1v) is 0. The van der Waals surface area contributed by atoms with Crippen molar-refractivity contribution in [2.75, 3.05) is 0 Å². The van der Waals surface area contributed by atoms with Crippen molar-refractivity contribution in [2.24, 2.45) is 0 Å². The van der Waals surface area contributed by atoms with Crippen LogP contribution in [0.5, 0.6) is 0 Å². The van der Waals surface area contributed by atoms with Crippen LogP contribution < -0.4 is 154 Å². The fourth-order valence-corrected chi connectivity index (χ4v) is 0. The molecule has 0 nitrogen and oxygen atoms in total. The third-order valence-corrected chi connectivity index (χ3v) is 0. The normalized spacial score (nSPS) is 0. The molecule has 54 valence electrons. The van der Waals surface area contributed by atoms with Crippen molar-refractivity contribution < 1.29 is 187 Å². The van der Waals surface area contributed by atoms with Gasteiger partial charge in [-0.15, -0.1) is 0 Å². The molecule has 0 aromatic rings. The van der Waals surface area contributed by atoms with Crippen molar-refractivity contribution >= 4 is 0 Å². The third kappa shape index (κ3) is 68.2. The molecule has 0 saturated heterocycles. The molecule has 0 rings (SSSR count). The number of hydrogen-bond donors (Lipinski definition) is 0. The predicted molar refractivity (Wildman–Crippen MR) is 18.4 cm³/mol. The van der Waals surface area contributed by atoms with Gasteiger partial charge in [-0.1, -0.05) is 0 Å². The molecule has 0 aliphatic carbocycles. The van der Waals surface area contributed by atoms with Crippen LogP contribution in [0.3, 0.4) is 0 Å². The minimum Gasteiger partial charge on any atom is -1.00 e. The summed E-state index contributed by atoms with van der Waals surface area (Å²) >= 11 is 0. The van der Waals surface area contributed by atoms with E-state index in [0.29, 0.717) is 0 Å². The molecule has 0 heterocycles. The van der Waals surface area contributed by atoms with E-state index in [1.54, 1.807) is 0 Å². The standard InChI is InChI=1S/6FH.3K.3H/h6*1H;;;;;;/q;;;;;;3*+1;3*-1. The van der Waals surface area contributed by atoms with Gasteiger partial charge in [0.1, 0.15) is 0 Å². The number of rotatable bonds is 0. The van der Waals surface area contributed by atoms with Gasteiger partial charge in [0.05, 0.1) is 0 Å². The van der Waals surface area contributed by atoms with E-state index in [1.165, 1.54) is 0 Å². The molecule has 0 aromatic heterocycles. The van der Waals surface area contributed by atoms with Crippen LogP contribution in [0.2, 0.25) is 0 Å². The second kappa shape index (κ2) is 81.8. The molecule has 0 spiro atoms. The van der Waals surface area contributed by atoms with E-state index in [2.05, 4.69) is 0 Å². The molecule has 0 saturated carbocycles. The van der Waals surface area contributed by atoms with Crippen LogP contribution in [0, 0.1) is 0 Å². The first-order valence-electron chi connectivity index (χ1n) is 0. The zero-order valence-corrected chi connectivity index (χ0v) is 14.8. The van der Waals surface area contributed by atoms with Crippen LogP contribution in [-0.4, -0.2) is 0 Å². The van der Waals surface area contributed by atoms with Gasteiger partial charge in [-0.2, -0.15) is 0 Å². The molecular formula is H9F6K3. The van der Waals surface area contributed by atoms with Gasteiger partial charge in [0.25, 0.3) is 0 Å². The molecule has 0 radical (unpaired) electrons. The maximum atomic E-state index is 0. The van der Waals surface area contributed by atoms with Gasteiger partial charge in [-0.05, 0) is 0 Å². The number of halogens is 6. The molecule has 0 aromatic carbocycles. The zero-order chi connectivity index (χ0) is 0. The van der Waals surface area contributed by atoms with E-state index in [4.69, 9.17) is 0 Å². The summed E-state index contributed by atoms with van der Waals surface area (Å²) in [6.07, 6.45) is 0. The topological polar surface area (TPSA) is 0 Å². The zero-order valence-electron chi connectivity index (χ0n) is 8.45. The Bertz CT molecular complexity index is 18.0. The van der Waals surface area contributed by atoms with Gasteiger partial charge in [0, 0.05) is 0 Å². The Morgan fingerprint density at radius 1 is 0.333 bits per heavy atom. The maximum Gasteiger partial charge on any atom is 1.00 e. The molecule has 0 N–H and O–H groups in total. The minimum atomic E-state index is 0. The average Bonchev–Trinajstić information content (AvgIpc) is 0. The van der Waals surface area contributed by atoms with Gasteiger partial charge in [-0.3, -0.25) is 28.2 Å². The Kier molecular flexibility index (Phi) is 949. The monoisotopic (exact) mass is 240 g/mol. The van der Waals surface area contributed by atoms with E-state index < -0.39 is 0 Å². The van der Waals surface area contributed by atoms with Crippen LogP contribution in [0.4, 0.5) is 28.2 Å². The van der Waals surface area contributed by atoms with Crippen molar-refractivity contribution in [3.8, 4) is 0 Å². The second-order valence-electron chi connectivity index (χ2n) is 0. The molecule has 0 amide bonds. The van der Waals surface area contributed by atoms with Gasteiger partial charge in [-0.25, -0.2) is 0 Å². The fraction of sp³-hybridized carbons (Fsp3) is 0. The second-order valence-corrected chi connectivity index (χ2v) is 0. The smallest absolute Gasteiger partial charge is 1.00 e. The molecule has 0 atom stereocenters. The Morgan fingerprint density at radius 3 is 0.333 bits per heavy atom. The summed E-state index contributed by atoms with van der Waals surface area (Å²) in [5, 5.41) is 0. The predicted octanol–water partition coefficient (Wildman–Crippen LogP) is -7.74. The van der Waals surface area contributed by atoms with Crippen LogP contribution in [0.25, 0.3) is 0 Å². The third-order valence-electron chi connectivity index (χ3n) is 0. The van der Waals surface area contributed by atoms with E-state index in [-0.39, 0.29) is 187 Å². The Balaban J connectivity index is 0. The molecule has 9 heavy (non-hydrogen) atoms. The average molecular weight is 240 g/mol. The summed E-state index contributed by atoms with van der Waals surface area (Å²) in [4.78, 5) is 0. The summed E-state index contributed by atoms with van der Waals surface area (Å²) in [6.45, 7) is 0. The minimum absolute atomic E-state index is 0. The number of hydrogen-bond acceptors (Lipinski definition) is 0. The van der Waals surface area contributed by atoms with Gasteiger partial charge in [0.15, 0.2) is 0 Å². The van der Waals surface area contributed by atoms with E-state index in [9.17, 15) is 0 Å². The van der Waals surface area contributed by atoms with Crippen molar-refractivity contribution in [3.63, 3.8) is 0 Å². The summed E-state index contributed by atoms with van der Waals surface area (Å²) in [5.74, 6) is 0. The SMILES string of the molecule is F.F.F.F.F.F.[H-].[H-].[H-].[K+].[K+].[K+]. The molecule has 0 aliphatic rings. The van der Waals surface area contributed by atoms with Crippen LogP contribution in [-0.2, 0) is 0 Å². The summed E-state index contributed by atoms with van der Waals surface area (Å²) in [7, 11) is 0. The van der Waals surface area contributed by atoms with Crippen molar-refractivity contribution in [1.82, 2.24) is 0 Å². The summed E-state index contributed by atoms with van der Waals surface area (Å²) in [6, 6.07) is 0. The Labute approximate surface area is 181 Å². The van der Waals surface area contributed by atoms with Crippen molar-refractivity contribution in [1.29, 1.82) is 0 Å². The molecular weight excluding hydrogens is 231 g/mol. The van der Waals surface area contributed by atoms with E-state index in [1.807, 2.05) is 0 Å². The molecule has 0 unspecified atom stereocenters. The first kappa shape index (κ1) is 104. The van der Waals surface area contributed by atoms with E-state index in [0.717, 1.165) is 0 Å². The molecule has 0 fully saturated rings. The molecule has 9 heteroatoms. The maximum absolute atomic E-state index is 0. The summed E-state index contributed by atoms with van der Waals surface area (Å²) in [5.41, 5.74) is 0. The van der Waals surface area contributed by atoms with Crippen molar-refractivity contribution in [3.05, 3.63) is 0 Å². The first-order chi connectivity index (χ1) is 0. The quantitative estimate of drug-likeness (QED) is 0.291. The Morgan fingerprint density at radius 2 is 0.333 bits per heavy atom. The van der Waals surface area contributed by atoms with Gasteiger partial charge >= 0.3 is 154 Å². The summed E-state index contributed by atoms with van der Waals surface area (Å²) < 4.78 is 0. The van der Waals surface area contributed by atoms with Crippen LogP contribution in [0.1, 0.15) is 4.28 Å². The molecule has 0 bridgehead atoms. The Hall–Kier alpha value is 4.49. The fourth-order valence-electron chi connectivity index (χ4n) is 0. The van der Waals surface area contributed by atoms with Gasteiger partial charge in [0.2, 0.25) is 0 Å². The van der Waals surface area contributed by atoms with Crippen molar-refractivity contribution in [2.45, 2.75) is 0 Å².